The van der Waals surface area contributed by atoms with Crippen molar-refractivity contribution in [1.82, 2.24) is 0 Å². The van der Waals surface area contributed by atoms with Gasteiger partial charge in [-0.25, -0.2) is 0 Å². The standard InChI is InChI=1S/C15H19F3O3/c1-4-14(5-2,20-6-3)13(19)11-8-7-9-12(10-11)21-15(16,17)18/h7-10H,4-6H2,1-3H3. The number of halogens is 3. The van der Waals surface area contributed by atoms with E-state index in [4.69, 9.17) is 4.74 Å². The smallest absolute Gasteiger partial charge is 0.406 e. The fourth-order valence-corrected chi connectivity index (χ4v) is 2.21. The monoisotopic (exact) mass is 304 g/mol. The average Bonchev–Trinajstić information content (AvgIpc) is 2.42. The zero-order valence-corrected chi connectivity index (χ0v) is 12.3. The maximum Gasteiger partial charge on any atom is 0.573 e. The Morgan fingerprint density at radius 1 is 1.14 bits per heavy atom. The summed E-state index contributed by atoms with van der Waals surface area (Å²) in [6.45, 7) is 5.75. The van der Waals surface area contributed by atoms with Crippen molar-refractivity contribution in [2.45, 2.75) is 45.6 Å². The van der Waals surface area contributed by atoms with Crippen LogP contribution in [0.25, 0.3) is 0 Å². The Hall–Kier alpha value is -1.56. The Balaban J connectivity index is 3.09. The predicted molar refractivity (Wildman–Crippen MR) is 72.4 cm³/mol. The summed E-state index contributed by atoms with van der Waals surface area (Å²) in [5.74, 6) is -0.743. The highest BCUT2D eigenvalue weighted by atomic mass is 19.4. The molecule has 118 valence electrons. The van der Waals surface area contributed by atoms with Gasteiger partial charge in [-0.05, 0) is 31.9 Å². The molecule has 0 aromatic heterocycles. The van der Waals surface area contributed by atoms with Crippen molar-refractivity contribution in [2.24, 2.45) is 0 Å². The van der Waals surface area contributed by atoms with Gasteiger partial charge in [-0.3, -0.25) is 4.79 Å². The van der Waals surface area contributed by atoms with Crippen LogP contribution in [0, 0.1) is 0 Å². The van der Waals surface area contributed by atoms with Crippen LogP contribution in [0.1, 0.15) is 44.0 Å². The summed E-state index contributed by atoms with van der Waals surface area (Å²) in [5.41, 5.74) is -0.861. The number of ether oxygens (including phenoxy) is 2. The van der Waals surface area contributed by atoms with Crippen LogP contribution >= 0.6 is 0 Å². The maximum absolute atomic E-state index is 12.6. The van der Waals surface area contributed by atoms with Gasteiger partial charge in [-0.2, -0.15) is 0 Å². The van der Waals surface area contributed by atoms with E-state index in [1.165, 1.54) is 12.1 Å². The lowest BCUT2D eigenvalue weighted by atomic mass is 9.87. The minimum Gasteiger partial charge on any atom is -0.406 e. The molecule has 0 N–H and O–H groups in total. The highest BCUT2D eigenvalue weighted by Gasteiger charge is 2.37. The zero-order chi connectivity index (χ0) is 16.1. The van der Waals surface area contributed by atoms with Gasteiger partial charge in [0.15, 0.2) is 5.78 Å². The molecule has 0 unspecified atom stereocenters. The summed E-state index contributed by atoms with van der Waals surface area (Å²) < 4.78 is 46.1. The van der Waals surface area contributed by atoms with Crippen molar-refractivity contribution in [3.8, 4) is 5.75 Å². The van der Waals surface area contributed by atoms with Crippen molar-refractivity contribution in [2.75, 3.05) is 6.61 Å². The number of benzene rings is 1. The molecule has 0 atom stereocenters. The Labute approximate surface area is 122 Å². The van der Waals surface area contributed by atoms with E-state index in [9.17, 15) is 18.0 Å². The molecule has 0 aliphatic heterocycles. The van der Waals surface area contributed by atoms with E-state index < -0.39 is 17.7 Å². The number of hydrogen-bond acceptors (Lipinski definition) is 3. The molecular weight excluding hydrogens is 285 g/mol. The van der Waals surface area contributed by atoms with Crippen molar-refractivity contribution in [1.29, 1.82) is 0 Å². The summed E-state index contributed by atoms with van der Waals surface area (Å²) in [6.07, 6.45) is -3.89. The number of rotatable bonds is 7. The molecule has 0 radical (unpaired) electrons. The van der Waals surface area contributed by atoms with Gasteiger partial charge in [-0.1, -0.05) is 26.0 Å². The summed E-state index contributed by atoms with van der Waals surface area (Å²) >= 11 is 0. The van der Waals surface area contributed by atoms with E-state index >= 15 is 0 Å². The molecule has 1 rings (SSSR count). The van der Waals surface area contributed by atoms with Crippen molar-refractivity contribution in [3.05, 3.63) is 29.8 Å². The van der Waals surface area contributed by atoms with E-state index in [-0.39, 0.29) is 11.3 Å². The van der Waals surface area contributed by atoms with Gasteiger partial charge in [0.1, 0.15) is 11.4 Å². The minimum absolute atomic E-state index is 0.147. The normalized spacial score (nSPS) is 12.3. The van der Waals surface area contributed by atoms with Crippen molar-refractivity contribution in [3.63, 3.8) is 0 Å². The van der Waals surface area contributed by atoms with Crippen molar-refractivity contribution >= 4 is 5.78 Å². The van der Waals surface area contributed by atoms with Crippen LogP contribution in [0.3, 0.4) is 0 Å². The molecule has 1 aromatic rings. The molecule has 3 nitrogen and oxygen atoms in total. The van der Waals surface area contributed by atoms with Gasteiger partial charge in [0.25, 0.3) is 0 Å². The Kier molecular flexibility index (Phi) is 5.78. The quantitative estimate of drug-likeness (QED) is 0.702. The van der Waals surface area contributed by atoms with Gasteiger partial charge in [0.2, 0.25) is 0 Å². The number of carbonyl (C=O) groups is 1. The van der Waals surface area contributed by atoms with Gasteiger partial charge < -0.3 is 9.47 Å². The fraction of sp³-hybridized carbons (Fsp3) is 0.533. The molecule has 1 aromatic carbocycles. The molecule has 0 aliphatic carbocycles. The first kappa shape index (κ1) is 17.5. The lowest BCUT2D eigenvalue weighted by Gasteiger charge is -2.30. The molecule has 0 amide bonds. The van der Waals surface area contributed by atoms with E-state index in [1.54, 1.807) is 6.92 Å². The third-order valence-corrected chi connectivity index (χ3v) is 3.31. The number of alkyl halides is 3. The molecule has 0 bridgehead atoms. The summed E-state index contributed by atoms with van der Waals surface area (Å²) in [6, 6.07) is 5.07. The van der Waals surface area contributed by atoms with Gasteiger partial charge in [0.05, 0.1) is 0 Å². The van der Waals surface area contributed by atoms with Crippen LogP contribution < -0.4 is 4.74 Å². The van der Waals surface area contributed by atoms with E-state index in [0.717, 1.165) is 12.1 Å². The van der Waals surface area contributed by atoms with Crippen molar-refractivity contribution < 1.29 is 27.4 Å². The van der Waals surface area contributed by atoms with Gasteiger partial charge in [-0.15, -0.1) is 13.2 Å². The van der Waals surface area contributed by atoms with Crippen LogP contribution in [0.2, 0.25) is 0 Å². The van der Waals surface area contributed by atoms with Gasteiger partial charge >= 0.3 is 6.36 Å². The first-order chi connectivity index (χ1) is 9.78. The Morgan fingerprint density at radius 2 is 1.76 bits per heavy atom. The van der Waals surface area contributed by atoms with E-state index in [1.807, 2.05) is 13.8 Å². The second-order valence-electron chi connectivity index (χ2n) is 4.54. The first-order valence-corrected chi connectivity index (χ1v) is 6.82. The maximum atomic E-state index is 12.6. The second kappa shape index (κ2) is 6.93. The van der Waals surface area contributed by atoms with Crippen LogP contribution in [-0.4, -0.2) is 24.4 Å². The Bertz CT molecular complexity index is 479. The summed E-state index contributed by atoms with van der Waals surface area (Å²) in [5, 5.41) is 0. The minimum atomic E-state index is -4.78. The number of Topliss-reactive ketones (excluding diaryl/α,β-unsaturated/α-hetero) is 1. The summed E-state index contributed by atoms with van der Waals surface area (Å²) in [4.78, 5) is 12.6. The molecule has 0 aliphatic rings. The lowest BCUT2D eigenvalue weighted by molar-refractivity contribution is -0.274. The fourth-order valence-electron chi connectivity index (χ4n) is 2.21. The predicted octanol–water partition coefficient (Wildman–Crippen LogP) is 4.36. The number of ketones is 1. The highest BCUT2D eigenvalue weighted by molar-refractivity contribution is 6.02. The highest BCUT2D eigenvalue weighted by Crippen LogP contribution is 2.29. The zero-order valence-electron chi connectivity index (χ0n) is 12.3. The number of hydrogen-bond donors (Lipinski definition) is 0. The molecule has 21 heavy (non-hydrogen) atoms. The Morgan fingerprint density at radius 3 is 2.24 bits per heavy atom. The van der Waals surface area contributed by atoms with Crippen LogP contribution in [0.5, 0.6) is 5.75 Å². The SMILES string of the molecule is CCOC(CC)(CC)C(=O)c1cccc(OC(F)(F)F)c1. The van der Waals surface area contributed by atoms with Gasteiger partial charge in [0, 0.05) is 12.2 Å². The molecular formula is C15H19F3O3. The van der Waals surface area contributed by atoms with Crippen LogP contribution in [-0.2, 0) is 4.74 Å². The van der Waals surface area contributed by atoms with Crippen LogP contribution in [0.15, 0.2) is 24.3 Å². The number of carbonyl (C=O) groups excluding carboxylic acids is 1. The average molecular weight is 304 g/mol. The van der Waals surface area contributed by atoms with E-state index in [2.05, 4.69) is 4.74 Å². The third kappa shape index (κ3) is 4.46. The topological polar surface area (TPSA) is 35.5 Å². The largest absolute Gasteiger partial charge is 0.573 e. The van der Waals surface area contributed by atoms with Crippen LogP contribution in [0.4, 0.5) is 13.2 Å². The summed E-state index contributed by atoms with van der Waals surface area (Å²) in [7, 11) is 0. The third-order valence-electron chi connectivity index (χ3n) is 3.31. The second-order valence-corrected chi connectivity index (χ2v) is 4.54. The molecule has 6 heteroatoms. The first-order valence-electron chi connectivity index (χ1n) is 6.82. The lowest BCUT2D eigenvalue weighted by Crippen LogP contribution is -2.40. The molecule has 0 heterocycles. The van der Waals surface area contributed by atoms with E-state index in [0.29, 0.717) is 19.4 Å². The molecule has 0 spiro atoms. The molecule has 0 saturated carbocycles. The molecule has 0 fully saturated rings. The molecule has 0 saturated heterocycles.